The minimum absolute atomic E-state index is 0.00843. The third kappa shape index (κ3) is 17.6. The SMILES string of the molecule is CC[C@H](C)[C@@H]([C@@H](CC(=O)N1CCC[C@H]1[C@H](OC)[C@@H](C)C(=O)N[C@@H](Cc1ccccc1)c1nccs1)OC)N(C)C(=O)[C@@H](NC(=O)[C@H](C(C)C)N(C)C(=O)CCNC(=O)C(CCCCN)NC(C)=O)C(C)C. The van der Waals surface area contributed by atoms with Crippen molar-refractivity contribution in [3.05, 3.63) is 52.5 Å². The van der Waals surface area contributed by atoms with Crippen LogP contribution in [0.5, 0.6) is 0 Å². The second-order valence-electron chi connectivity index (χ2n) is 19.7. The Kier molecular flexibility index (Phi) is 25.6. The Labute approximate surface area is 426 Å². The molecule has 1 aliphatic rings. The maximum atomic E-state index is 14.7. The molecule has 0 radical (unpaired) electrons. The number of likely N-dealkylation sites (tertiary alicyclic amines) is 1. The van der Waals surface area contributed by atoms with E-state index < -0.39 is 54.1 Å². The molecule has 1 fully saturated rings. The largest absolute Gasteiger partial charge is 0.379 e. The lowest BCUT2D eigenvalue weighted by Gasteiger charge is -2.41. The maximum absolute atomic E-state index is 14.7. The predicted molar refractivity (Wildman–Crippen MR) is 276 cm³/mol. The van der Waals surface area contributed by atoms with Crippen LogP contribution in [0, 0.1) is 23.7 Å². The van der Waals surface area contributed by atoms with Crippen LogP contribution in [0.4, 0.5) is 0 Å². The Hall–Kier alpha value is -4.98. The highest BCUT2D eigenvalue weighted by Crippen LogP contribution is 2.31. The van der Waals surface area contributed by atoms with Crippen LogP contribution in [-0.2, 0) is 49.5 Å². The van der Waals surface area contributed by atoms with Crippen molar-refractivity contribution in [1.82, 2.24) is 41.0 Å². The molecular formula is C52H85N9O9S. The van der Waals surface area contributed by atoms with E-state index in [0.29, 0.717) is 51.6 Å². The summed E-state index contributed by atoms with van der Waals surface area (Å²) in [6.45, 7) is 15.4. The second-order valence-corrected chi connectivity index (χ2v) is 20.6. The quantitative estimate of drug-likeness (QED) is 0.0695. The molecule has 0 spiro atoms. The number of carbonyl (C=O) groups is 7. The van der Waals surface area contributed by atoms with E-state index in [2.05, 4.69) is 26.3 Å². The number of nitrogens with one attached hydrogen (secondary N) is 4. The van der Waals surface area contributed by atoms with Gasteiger partial charge in [0.2, 0.25) is 41.4 Å². The van der Waals surface area contributed by atoms with Gasteiger partial charge in [-0.1, -0.05) is 85.2 Å². The summed E-state index contributed by atoms with van der Waals surface area (Å²) < 4.78 is 12.1. The van der Waals surface area contributed by atoms with Gasteiger partial charge < -0.3 is 51.2 Å². The number of carbonyl (C=O) groups excluding carboxylic acids is 7. The number of benzene rings is 1. The Morgan fingerprint density at radius 3 is 2.14 bits per heavy atom. The number of nitrogens with two attached hydrogens (primary N) is 1. The van der Waals surface area contributed by atoms with Crippen LogP contribution >= 0.6 is 11.3 Å². The summed E-state index contributed by atoms with van der Waals surface area (Å²) in [4.78, 5) is 105. The molecule has 0 saturated carbocycles. The molecule has 0 bridgehead atoms. The van der Waals surface area contributed by atoms with Gasteiger partial charge in [0.05, 0.1) is 42.7 Å². The molecular weight excluding hydrogens is 927 g/mol. The average Bonchev–Trinajstić information content (AvgIpc) is 4.06. The van der Waals surface area contributed by atoms with Gasteiger partial charge in [-0.15, -0.1) is 11.3 Å². The number of nitrogens with zero attached hydrogens (tertiary/aromatic N) is 4. The fourth-order valence-corrected chi connectivity index (χ4v) is 10.4. The number of rotatable bonds is 30. The van der Waals surface area contributed by atoms with Crippen LogP contribution in [0.1, 0.15) is 123 Å². The third-order valence-corrected chi connectivity index (χ3v) is 14.7. The van der Waals surface area contributed by atoms with Gasteiger partial charge in [-0.05, 0) is 68.4 Å². The fraction of sp³-hybridized carbons (Fsp3) is 0.692. The van der Waals surface area contributed by atoms with Crippen molar-refractivity contribution in [2.75, 3.05) is 47.9 Å². The van der Waals surface area contributed by atoms with Crippen molar-refractivity contribution in [2.45, 2.75) is 162 Å². The maximum Gasteiger partial charge on any atom is 0.245 e. The van der Waals surface area contributed by atoms with Gasteiger partial charge in [-0.3, -0.25) is 33.6 Å². The van der Waals surface area contributed by atoms with E-state index in [-0.39, 0.29) is 78.8 Å². The van der Waals surface area contributed by atoms with Gasteiger partial charge >= 0.3 is 0 Å². The molecule has 2 aromatic rings. The zero-order valence-electron chi connectivity index (χ0n) is 44.4. The highest BCUT2D eigenvalue weighted by molar-refractivity contribution is 7.09. The first-order valence-electron chi connectivity index (χ1n) is 25.4. The number of methoxy groups -OCH3 is 2. The van der Waals surface area contributed by atoms with Crippen LogP contribution in [-0.4, -0.2) is 151 Å². The molecule has 19 heteroatoms. The molecule has 1 aromatic heterocycles. The average molecular weight is 1010 g/mol. The van der Waals surface area contributed by atoms with Crippen molar-refractivity contribution in [1.29, 1.82) is 0 Å². The molecule has 6 N–H and O–H groups in total. The highest BCUT2D eigenvalue weighted by atomic mass is 32.1. The first-order chi connectivity index (χ1) is 33.7. The number of thiazole rings is 1. The summed E-state index contributed by atoms with van der Waals surface area (Å²) in [5.74, 6) is -3.82. The fourth-order valence-electron chi connectivity index (χ4n) is 9.72. The zero-order valence-corrected chi connectivity index (χ0v) is 45.2. The van der Waals surface area contributed by atoms with Gasteiger partial charge in [0, 0.05) is 66.3 Å². The molecule has 2 heterocycles. The number of amides is 7. The number of likely N-dealkylation sites (N-methyl/N-ethyl adjacent to an activating group) is 2. The number of ether oxygens (including phenoxy) is 2. The second kappa shape index (κ2) is 30.1. The van der Waals surface area contributed by atoms with Gasteiger partial charge in [0.25, 0.3) is 0 Å². The predicted octanol–water partition coefficient (Wildman–Crippen LogP) is 4.23. The smallest absolute Gasteiger partial charge is 0.245 e. The van der Waals surface area contributed by atoms with E-state index in [4.69, 9.17) is 15.2 Å². The van der Waals surface area contributed by atoms with Crippen LogP contribution in [0.15, 0.2) is 41.9 Å². The zero-order chi connectivity index (χ0) is 52.9. The monoisotopic (exact) mass is 1010 g/mol. The summed E-state index contributed by atoms with van der Waals surface area (Å²) in [6.07, 6.45) is 4.62. The van der Waals surface area contributed by atoms with Gasteiger partial charge in [0.1, 0.15) is 23.1 Å². The molecule has 398 valence electrons. The standard InChI is InChI=1S/C52H85N9O9S/c1-13-34(6)46(60(10)52(68)44(32(2)3)58-50(67)45(33(4)5)59(9)42(63)24-26-54-49(66)38(56-36(8)62)22-17-18-25-53)41(69-11)31-43(64)61-28-19-23-40(61)47(70-12)35(7)48(65)57-39(51-55-27-29-71-51)30-37-20-15-14-16-21-37/h14-16,20-21,27,29,32-35,38-41,44-47H,13,17-19,22-26,28,30-31,53H2,1-12H3,(H,54,66)(H,56,62)(H,57,65)(H,58,67)/t34-,35+,38?,39-,40-,41+,44-,45-,46-,47+/m0/s1. The number of aromatic nitrogens is 1. The molecule has 1 aromatic carbocycles. The molecule has 3 rings (SSSR count). The topological polar surface area (TPSA) is 235 Å². The highest BCUT2D eigenvalue weighted by Gasteiger charge is 2.44. The Balaban J connectivity index is 1.74. The van der Waals surface area contributed by atoms with Crippen LogP contribution < -0.4 is 27.0 Å². The van der Waals surface area contributed by atoms with Gasteiger partial charge in [-0.2, -0.15) is 0 Å². The van der Waals surface area contributed by atoms with E-state index in [1.165, 1.54) is 37.3 Å². The number of hydrogen-bond acceptors (Lipinski definition) is 12. The van der Waals surface area contributed by atoms with Crippen LogP contribution in [0.25, 0.3) is 0 Å². The lowest BCUT2D eigenvalue weighted by molar-refractivity contribution is -0.148. The lowest BCUT2D eigenvalue weighted by atomic mass is 9.89. The summed E-state index contributed by atoms with van der Waals surface area (Å²) in [5, 5.41) is 14.3. The molecule has 18 nitrogen and oxygen atoms in total. The van der Waals surface area contributed by atoms with Crippen molar-refractivity contribution >= 4 is 52.7 Å². The summed E-state index contributed by atoms with van der Waals surface area (Å²) >= 11 is 1.48. The van der Waals surface area contributed by atoms with Crippen LogP contribution in [0.3, 0.4) is 0 Å². The first-order valence-corrected chi connectivity index (χ1v) is 26.3. The van der Waals surface area contributed by atoms with Crippen molar-refractivity contribution in [2.24, 2.45) is 29.4 Å². The molecule has 7 amide bonds. The van der Waals surface area contributed by atoms with Gasteiger partial charge in [-0.25, -0.2) is 4.98 Å². The molecule has 0 aliphatic carbocycles. The summed E-state index contributed by atoms with van der Waals surface area (Å²) in [6, 6.07) is 5.95. The molecule has 1 aliphatic heterocycles. The van der Waals surface area contributed by atoms with Gasteiger partial charge in [0.15, 0.2) is 0 Å². The minimum atomic E-state index is -0.984. The lowest BCUT2D eigenvalue weighted by Crippen LogP contribution is -2.60. The minimum Gasteiger partial charge on any atom is -0.379 e. The molecule has 71 heavy (non-hydrogen) atoms. The normalized spacial score (nSPS) is 17.5. The van der Waals surface area contributed by atoms with E-state index >= 15 is 0 Å². The molecule has 10 atom stereocenters. The number of hydrogen-bond donors (Lipinski definition) is 5. The first kappa shape index (κ1) is 60.3. The van der Waals surface area contributed by atoms with E-state index in [9.17, 15) is 33.6 Å². The Morgan fingerprint density at radius 2 is 1.58 bits per heavy atom. The van der Waals surface area contributed by atoms with E-state index in [0.717, 1.165) is 17.0 Å². The third-order valence-electron chi connectivity index (χ3n) is 13.8. The van der Waals surface area contributed by atoms with E-state index in [1.807, 2.05) is 84.2 Å². The van der Waals surface area contributed by atoms with Crippen LogP contribution in [0.2, 0.25) is 0 Å². The van der Waals surface area contributed by atoms with Crippen molar-refractivity contribution in [3.63, 3.8) is 0 Å². The van der Waals surface area contributed by atoms with Crippen molar-refractivity contribution < 1.29 is 43.0 Å². The summed E-state index contributed by atoms with van der Waals surface area (Å²) in [7, 11) is 6.30. The summed E-state index contributed by atoms with van der Waals surface area (Å²) in [5.41, 5.74) is 6.66. The number of unbranched alkanes of at least 4 members (excludes halogenated alkanes) is 1. The van der Waals surface area contributed by atoms with Crippen molar-refractivity contribution in [3.8, 4) is 0 Å². The Morgan fingerprint density at radius 1 is 0.887 bits per heavy atom. The molecule has 1 unspecified atom stereocenters. The Bertz CT molecular complexity index is 1990. The van der Waals surface area contributed by atoms with E-state index in [1.54, 1.807) is 30.2 Å². The molecule has 1 saturated heterocycles.